The number of anilines is 1. The molecule has 2 aromatic rings. The van der Waals surface area contributed by atoms with Crippen LogP contribution in [0, 0.1) is 0 Å². The second kappa shape index (κ2) is 5.80. The predicted octanol–water partition coefficient (Wildman–Crippen LogP) is 3.44. The summed E-state index contributed by atoms with van der Waals surface area (Å²) in [5.74, 6) is -0.0457. The molecule has 0 aliphatic heterocycles. The van der Waals surface area contributed by atoms with Gasteiger partial charge in [0, 0.05) is 4.88 Å². The van der Waals surface area contributed by atoms with Crippen molar-refractivity contribution in [3.63, 3.8) is 0 Å². The van der Waals surface area contributed by atoms with Gasteiger partial charge in [0.25, 0.3) is 0 Å². The molecule has 1 aromatic heterocycles. The van der Waals surface area contributed by atoms with E-state index in [2.05, 4.69) is 5.48 Å². The smallest absolute Gasteiger partial charge is 0.142 e. The molecule has 0 saturated carbocycles. The van der Waals surface area contributed by atoms with E-state index in [1.807, 2.05) is 41.8 Å². The van der Waals surface area contributed by atoms with Gasteiger partial charge < -0.3 is 0 Å². The molecule has 1 heterocycles. The van der Waals surface area contributed by atoms with Crippen LogP contribution < -0.4 is 5.48 Å². The highest BCUT2D eigenvalue weighted by Crippen LogP contribution is 2.30. The van der Waals surface area contributed by atoms with E-state index >= 15 is 0 Å². The van der Waals surface area contributed by atoms with E-state index in [9.17, 15) is 4.79 Å². The first kappa shape index (κ1) is 12.8. The maximum absolute atomic E-state index is 11.9. The molecule has 1 unspecified atom stereocenters. The van der Waals surface area contributed by atoms with Crippen LogP contribution in [0.3, 0.4) is 0 Å². The maximum atomic E-state index is 11.9. The number of benzene rings is 1. The van der Waals surface area contributed by atoms with E-state index in [0.29, 0.717) is 0 Å². The fourth-order valence-corrected chi connectivity index (χ4v) is 2.86. The number of thiophene rings is 1. The van der Waals surface area contributed by atoms with E-state index in [0.717, 1.165) is 16.1 Å². The van der Waals surface area contributed by atoms with Gasteiger partial charge in [-0.05, 0) is 36.1 Å². The molecule has 18 heavy (non-hydrogen) atoms. The third-order valence-corrected chi connectivity index (χ3v) is 3.61. The third kappa shape index (κ3) is 2.78. The number of carbonyl (C=O) groups is 1. The second-order valence-corrected chi connectivity index (χ2v) is 4.97. The first-order valence-corrected chi connectivity index (χ1v) is 6.53. The zero-order valence-electron chi connectivity index (χ0n) is 10.3. The third-order valence-electron chi connectivity index (χ3n) is 2.67. The van der Waals surface area contributed by atoms with E-state index in [1.54, 1.807) is 25.4 Å². The minimum absolute atomic E-state index is 0.145. The number of ketones is 1. The molecule has 0 aliphatic rings. The van der Waals surface area contributed by atoms with Crippen molar-refractivity contribution in [3.05, 3.63) is 52.2 Å². The van der Waals surface area contributed by atoms with E-state index in [4.69, 9.17) is 4.84 Å². The largest absolute Gasteiger partial charge is 0.299 e. The number of rotatable bonds is 5. The maximum Gasteiger partial charge on any atom is 0.142 e. The standard InChI is InChI=1S/C14H15NO2S/c1-10(16)14(13-7-4-8-18-13)11-5-3-6-12(9-11)15-17-2/h3-9,14-15H,1-2H3. The highest BCUT2D eigenvalue weighted by Gasteiger charge is 2.20. The first-order valence-electron chi connectivity index (χ1n) is 5.65. The number of hydrogen-bond donors (Lipinski definition) is 1. The molecule has 1 N–H and O–H groups in total. The van der Waals surface area contributed by atoms with Gasteiger partial charge in [-0.1, -0.05) is 18.2 Å². The summed E-state index contributed by atoms with van der Waals surface area (Å²) in [6, 6.07) is 11.7. The summed E-state index contributed by atoms with van der Waals surface area (Å²) in [6.45, 7) is 1.63. The Labute approximate surface area is 110 Å². The highest BCUT2D eigenvalue weighted by atomic mass is 32.1. The lowest BCUT2D eigenvalue weighted by Crippen LogP contribution is -2.09. The first-order chi connectivity index (χ1) is 8.72. The molecule has 0 aliphatic carbocycles. The molecule has 0 bridgehead atoms. The molecule has 0 radical (unpaired) electrons. The predicted molar refractivity (Wildman–Crippen MR) is 73.9 cm³/mol. The SMILES string of the molecule is CONc1cccc(C(C(C)=O)c2cccs2)c1. The normalized spacial score (nSPS) is 12.1. The monoisotopic (exact) mass is 261 g/mol. The highest BCUT2D eigenvalue weighted by molar-refractivity contribution is 7.10. The topological polar surface area (TPSA) is 38.3 Å². The van der Waals surface area contributed by atoms with Crippen LogP contribution >= 0.6 is 11.3 Å². The summed E-state index contributed by atoms with van der Waals surface area (Å²) in [5.41, 5.74) is 4.60. The minimum atomic E-state index is -0.191. The van der Waals surface area contributed by atoms with Crippen LogP contribution in [0.2, 0.25) is 0 Å². The molecule has 4 heteroatoms. The van der Waals surface area contributed by atoms with Gasteiger partial charge in [0.05, 0.1) is 18.7 Å². The average Bonchev–Trinajstić information content (AvgIpc) is 2.83. The van der Waals surface area contributed by atoms with Crippen molar-refractivity contribution in [1.82, 2.24) is 0 Å². The Balaban J connectivity index is 2.37. The molecule has 0 fully saturated rings. The molecule has 94 valence electrons. The fraction of sp³-hybridized carbons (Fsp3) is 0.214. The molecule has 3 nitrogen and oxygen atoms in total. The number of hydrogen-bond acceptors (Lipinski definition) is 4. The molecular weight excluding hydrogens is 246 g/mol. The second-order valence-electron chi connectivity index (χ2n) is 3.99. The van der Waals surface area contributed by atoms with Crippen molar-refractivity contribution in [2.45, 2.75) is 12.8 Å². The molecule has 0 saturated heterocycles. The zero-order valence-corrected chi connectivity index (χ0v) is 11.2. The van der Waals surface area contributed by atoms with Gasteiger partial charge in [0.15, 0.2) is 0 Å². The van der Waals surface area contributed by atoms with Gasteiger partial charge in [-0.3, -0.25) is 15.1 Å². The summed E-state index contributed by atoms with van der Waals surface area (Å²) in [7, 11) is 1.56. The van der Waals surface area contributed by atoms with Crippen molar-refractivity contribution in [2.24, 2.45) is 0 Å². The molecule has 0 spiro atoms. The van der Waals surface area contributed by atoms with Gasteiger partial charge in [0.1, 0.15) is 5.78 Å². The van der Waals surface area contributed by atoms with E-state index in [-0.39, 0.29) is 11.7 Å². The van der Waals surface area contributed by atoms with Crippen molar-refractivity contribution in [2.75, 3.05) is 12.6 Å². The molecule has 1 atom stereocenters. The van der Waals surface area contributed by atoms with Crippen LogP contribution in [-0.2, 0) is 9.63 Å². The lowest BCUT2D eigenvalue weighted by molar-refractivity contribution is -0.117. The van der Waals surface area contributed by atoms with Crippen LogP contribution in [0.15, 0.2) is 41.8 Å². The fourth-order valence-electron chi connectivity index (χ4n) is 1.95. The average molecular weight is 261 g/mol. The summed E-state index contributed by atoms with van der Waals surface area (Å²) in [6.07, 6.45) is 0. The number of nitrogens with one attached hydrogen (secondary N) is 1. The summed E-state index contributed by atoms with van der Waals surface area (Å²) in [5, 5.41) is 1.99. The van der Waals surface area contributed by atoms with Crippen molar-refractivity contribution in [3.8, 4) is 0 Å². The molecule has 2 rings (SSSR count). The van der Waals surface area contributed by atoms with Gasteiger partial charge in [0.2, 0.25) is 0 Å². The Morgan fingerprint density at radius 3 is 2.78 bits per heavy atom. The lowest BCUT2D eigenvalue weighted by atomic mass is 9.93. The van der Waals surface area contributed by atoms with Gasteiger partial charge >= 0.3 is 0 Å². The summed E-state index contributed by atoms with van der Waals surface area (Å²) < 4.78 is 0. The lowest BCUT2D eigenvalue weighted by Gasteiger charge is -2.14. The van der Waals surface area contributed by atoms with Crippen LogP contribution in [0.5, 0.6) is 0 Å². The Morgan fingerprint density at radius 2 is 2.17 bits per heavy atom. The summed E-state index contributed by atoms with van der Waals surface area (Å²) >= 11 is 1.60. The molecular formula is C14H15NO2S. The Hall–Kier alpha value is -1.65. The van der Waals surface area contributed by atoms with Crippen LogP contribution in [-0.4, -0.2) is 12.9 Å². The number of carbonyl (C=O) groups excluding carboxylic acids is 1. The Kier molecular flexibility index (Phi) is 4.12. The minimum Gasteiger partial charge on any atom is -0.299 e. The van der Waals surface area contributed by atoms with Gasteiger partial charge in [-0.15, -0.1) is 11.3 Å². The van der Waals surface area contributed by atoms with Gasteiger partial charge in [-0.2, -0.15) is 0 Å². The molecule has 0 amide bonds. The molecule has 1 aromatic carbocycles. The Bertz CT molecular complexity index is 522. The van der Waals surface area contributed by atoms with Crippen molar-refractivity contribution in [1.29, 1.82) is 0 Å². The van der Waals surface area contributed by atoms with Gasteiger partial charge in [-0.25, -0.2) is 0 Å². The van der Waals surface area contributed by atoms with Crippen LogP contribution in [0.25, 0.3) is 0 Å². The van der Waals surface area contributed by atoms with E-state index in [1.165, 1.54) is 0 Å². The van der Waals surface area contributed by atoms with Crippen molar-refractivity contribution < 1.29 is 9.63 Å². The van der Waals surface area contributed by atoms with Crippen molar-refractivity contribution >= 4 is 22.8 Å². The quantitative estimate of drug-likeness (QED) is 0.838. The van der Waals surface area contributed by atoms with Crippen LogP contribution in [0.4, 0.5) is 5.69 Å². The zero-order chi connectivity index (χ0) is 13.0. The van der Waals surface area contributed by atoms with E-state index < -0.39 is 0 Å². The number of Topliss-reactive ketones (excluding diaryl/α,β-unsaturated/α-hetero) is 1. The van der Waals surface area contributed by atoms with Crippen LogP contribution in [0.1, 0.15) is 23.3 Å². The summed E-state index contributed by atoms with van der Waals surface area (Å²) in [4.78, 5) is 17.8. The Morgan fingerprint density at radius 1 is 1.33 bits per heavy atom.